The van der Waals surface area contributed by atoms with Crippen LogP contribution in [0.15, 0.2) is 0 Å². The zero-order valence-electron chi connectivity index (χ0n) is 12.1. The van der Waals surface area contributed by atoms with Gasteiger partial charge in [0.05, 0.1) is 6.54 Å². The second-order valence-electron chi connectivity index (χ2n) is 5.15. The van der Waals surface area contributed by atoms with E-state index in [4.69, 9.17) is 0 Å². The van der Waals surface area contributed by atoms with E-state index >= 15 is 0 Å². The smallest absolute Gasteiger partial charge is 0.146 e. The molecule has 0 aromatic heterocycles. The monoisotopic (exact) mass is 241 g/mol. The van der Waals surface area contributed by atoms with E-state index in [1.54, 1.807) is 0 Å². The molecule has 0 heterocycles. The lowest BCUT2D eigenvalue weighted by atomic mass is 10.1. The summed E-state index contributed by atoms with van der Waals surface area (Å²) in [6.45, 7) is 6.06. The van der Waals surface area contributed by atoms with Gasteiger partial charge in [0, 0.05) is 6.42 Å². The molecule has 0 bridgehead atoms. The highest BCUT2D eigenvalue weighted by atomic mass is 16.1. The average molecular weight is 241 g/mol. The van der Waals surface area contributed by atoms with Crippen molar-refractivity contribution in [3.05, 3.63) is 0 Å². The summed E-state index contributed by atoms with van der Waals surface area (Å²) in [5.41, 5.74) is 0. The van der Waals surface area contributed by atoms with Gasteiger partial charge in [0.15, 0.2) is 0 Å². The lowest BCUT2D eigenvalue weighted by molar-refractivity contribution is -0.120. The highest BCUT2D eigenvalue weighted by Crippen LogP contribution is 2.08. The minimum atomic E-state index is 0.412. The van der Waals surface area contributed by atoms with E-state index in [9.17, 15) is 4.79 Å². The number of nitrogens with zero attached hydrogens (tertiary/aromatic N) is 1. The Labute approximate surface area is 108 Å². The second-order valence-corrected chi connectivity index (χ2v) is 5.15. The van der Waals surface area contributed by atoms with Crippen LogP contribution in [0.1, 0.15) is 71.6 Å². The maximum Gasteiger partial charge on any atom is 0.146 e. The quantitative estimate of drug-likeness (QED) is 0.481. The molecule has 0 fully saturated rings. The van der Waals surface area contributed by atoms with E-state index in [1.807, 2.05) is 7.05 Å². The summed E-state index contributed by atoms with van der Waals surface area (Å²) in [7, 11) is 2.03. The van der Waals surface area contributed by atoms with Crippen molar-refractivity contribution in [1.29, 1.82) is 0 Å². The predicted molar refractivity (Wildman–Crippen MR) is 75.4 cm³/mol. The molecule has 0 saturated carbocycles. The first-order valence-electron chi connectivity index (χ1n) is 7.41. The second kappa shape index (κ2) is 12.1. The summed E-state index contributed by atoms with van der Waals surface area (Å²) < 4.78 is 0. The summed E-state index contributed by atoms with van der Waals surface area (Å²) in [6.07, 6.45) is 10.9. The van der Waals surface area contributed by atoms with Crippen LogP contribution in [0.5, 0.6) is 0 Å². The molecule has 0 N–H and O–H groups in total. The zero-order valence-corrected chi connectivity index (χ0v) is 12.1. The number of hydrogen-bond acceptors (Lipinski definition) is 2. The fraction of sp³-hybridized carbons (Fsp3) is 0.933. The van der Waals surface area contributed by atoms with Gasteiger partial charge in [-0.2, -0.15) is 0 Å². The standard InChI is InChI=1S/C15H31NO/c1-4-6-7-8-9-10-11-12-15(17)14-16(3)13-5-2/h4-14H2,1-3H3. The van der Waals surface area contributed by atoms with E-state index in [2.05, 4.69) is 18.7 Å². The van der Waals surface area contributed by atoms with Gasteiger partial charge in [0.25, 0.3) is 0 Å². The Kier molecular flexibility index (Phi) is 11.8. The number of likely N-dealkylation sites (N-methyl/N-ethyl adjacent to an activating group) is 1. The van der Waals surface area contributed by atoms with Gasteiger partial charge >= 0.3 is 0 Å². The lowest BCUT2D eigenvalue weighted by Gasteiger charge is -2.13. The third-order valence-electron chi connectivity index (χ3n) is 3.11. The van der Waals surface area contributed by atoms with Gasteiger partial charge < -0.3 is 0 Å². The zero-order chi connectivity index (χ0) is 12.9. The van der Waals surface area contributed by atoms with E-state index < -0.39 is 0 Å². The van der Waals surface area contributed by atoms with Crippen LogP contribution in [0, 0.1) is 0 Å². The fourth-order valence-corrected chi connectivity index (χ4v) is 2.12. The Hall–Kier alpha value is -0.370. The lowest BCUT2D eigenvalue weighted by Crippen LogP contribution is -2.26. The molecule has 0 aromatic carbocycles. The Morgan fingerprint density at radius 3 is 2.06 bits per heavy atom. The van der Waals surface area contributed by atoms with Crippen molar-refractivity contribution in [2.24, 2.45) is 0 Å². The highest BCUT2D eigenvalue weighted by Gasteiger charge is 2.05. The molecule has 0 rings (SSSR count). The molecule has 0 amide bonds. The maximum atomic E-state index is 11.6. The summed E-state index contributed by atoms with van der Waals surface area (Å²) in [6, 6.07) is 0. The van der Waals surface area contributed by atoms with Crippen molar-refractivity contribution in [2.75, 3.05) is 20.1 Å². The van der Waals surface area contributed by atoms with Crippen molar-refractivity contribution in [2.45, 2.75) is 71.6 Å². The molecular weight excluding hydrogens is 210 g/mol. The van der Waals surface area contributed by atoms with Crippen LogP contribution in [0.2, 0.25) is 0 Å². The minimum Gasteiger partial charge on any atom is -0.299 e. The molecular formula is C15H31NO. The summed E-state index contributed by atoms with van der Waals surface area (Å²) >= 11 is 0. The van der Waals surface area contributed by atoms with E-state index in [0.29, 0.717) is 12.3 Å². The molecule has 0 aliphatic rings. The van der Waals surface area contributed by atoms with Gasteiger partial charge in [-0.05, 0) is 26.4 Å². The van der Waals surface area contributed by atoms with Crippen molar-refractivity contribution >= 4 is 5.78 Å². The van der Waals surface area contributed by atoms with Crippen LogP contribution in [-0.4, -0.2) is 30.8 Å². The summed E-state index contributed by atoms with van der Waals surface area (Å²) in [4.78, 5) is 13.8. The molecule has 0 aliphatic heterocycles. The SMILES string of the molecule is CCCCCCCCCC(=O)CN(C)CCC. The van der Waals surface area contributed by atoms with Gasteiger partial charge in [0.2, 0.25) is 0 Å². The molecule has 0 saturated heterocycles. The van der Waals surface area contributed by atoms with Crippen LogP contribution in [-0.2, 0) is 4.79 Å². The van der Waals surface area contributed by atoms with Crippen LogP contribution < -0.4 is 0 Å². The van der Waals surface area contributed by atoms with Gasteiger partial charge in [0.1, 0.15) is 5.78 Å². The van der Waals surface area contributed by atoms with Crippen molar-refractivity contribution in [3.8, 4) is 0 Å². The topological polar surface area (TPSA) is 20.3 Å². The number of ketones is 1. The van der Waals surface area contributed by atoms with Crippen molar-refractivity contribution in [3.63, 3.8) is 0 Å². The Bertz CT molecular complexity index is 180. The van der Waals surface area contributed by atoms with Gasteiger partial charge in [-0.3, -0.25) is 9.69 Å². The van der Waals surface area contributed by atoms with Gasteiger partial charge in [-0.15, -0.1) is 0 Å². The maximum absolute atomic E-state index is 11.6. The highest BCUT2D eigenvalue weighted by molar-refractivity contribution is 5.80. The molecule has 2 nitrogen and oxygen atoms in total. The summed E-state index contributed by atoms with van der Waals surface area (Å²) in [5.74, 6) is 0.412. The van der Waals surface area contributed by atoms with Crippen LogP contribution >= 0.6 is 0 Å². The first-order chi connectivity index (χ1) is 8.20. The number of Topliss-reactive ketones (excluding diaryl/α,β-unsaturated/α-hetero) is 1. The third-order valence-corrected chi connectivity index (χ3v) is 3.11. The molecule has 2 heteroatoms. The van der Waals surface area contributed by atoms with Gasteiger partial charge in [-0.25, -0.2) is 0 Å². The van der Waals surface area contributed by atoms with E-state index in [0.717, 1.165) is 25.8 Å². The van der Waals surface area contributed by atoms with Crippen molar-refractivity contribution in [1.82, 2.24) is 4.90 Å². The number of rotatable bonds is 12. The molecule has 0 aromatic rings. The molecule has 0 spiro atoms. The Morgan fingerprint density at radius 2 is 1.47 bits per heavy atom. The largest absolute Gasteiger partial charge is 0.299 e. The van der Waals surface area contributed by atoms with E-state index in [-0.39, 0.29) is 0 Å². The fourth-order valence-electron chi connectivity index (χ4n) is 2.12. The van der Waals surface area contributed by atoms with Crippen LogP contribution in [0.3, 0.4) is 0 Å². The summed E-state index contributed by atoms with van der Waals surface area (Å²) in [5, 5.41) is 0. The van der Waals surface area contributed by atoms with Crippen LogP contribution in [0.4, 0.5) is 0 Å². The number of carbonyl (C=O) groups excluding carboxylic acids is 1. The number of hydrogen-bond donors (Lipinski definition) is 0. The number of unbranched alkanes of at least 4 members (excludes halogenated alkanes) is 6. The van der Waals surface area contributed by atoms with Crippen molar-refractivity contribution < 1.29 is 4.79 Å². The van der Waals surface area contributed by atoms with E-state index in [1.165, 1.54) is 38.5 Å². The first kappa shape index (κ1) is 16.6. The molecule has 0 radical (unpaired) electrons. The Morgan fingerprint density at radius 1 is 0.882 bits per heavy atom. The first-order valence-corrected chi connectivity index (χ1v) is 7.41. The molecule has 17 heavy (non-hydrogen) atoms. The Balaban J connectivity index is 3.27. The molecule has 0 unspecified atom stereocenters. The molecule has 0 atom stereocenters. The molecule has 102 valence electrons. The third kappa shape index (κ3) is 11.9. The number of carbonyl (C=O) groups is 1. The van der Waals surface area contributed by atoms with Gasteiger partial charge in [-0.1, -0.05) is 52.4 Å². The average Bonchev–Trinajstić information content (AvgIpc) is 2.28. The minimum absolute atomic E-state index is 0.412. The normalized spacial score (nSPS) is 11.1. The predicted octanol–water partition coefficient (Wildman–Crippen LogP) is 4.04. The molecule has 0 aliphatic carbocycles. The van der Waals surface area contributed by atoms with Crippen LogP contribution in [0.25, 0.3) is 0 Å².